The maximum Gasteiger partial charge on any atom is 0.343 e. The van der Waals surface area contributed by atoms with Crippen LogP contribution in [0.4, 0.5) is 5.69 Å². The molecule has 2 rings (SSSR count). The standard InChI is InChI=1S/C14H14N2O5/c1-9(12-6-3-7-21-12)15-8-10-4-2-5-11(16(19)20)13(10)14(17)18/h2-7,9,15H,8H2,1H3,(H,17,18)/t9-/m0/s1. The zero-order valence-electron chi connectivity index (χ0n) is 11.3. The zero-order valence-corrected chi connectivity index (χ0v) is 11.3. The molecule has 7 heteroatoms. The number of carboxylic acid groups (broad SMARTS) is 1. The Bertz CT molecular complexity index is 651. The van der Waals surface area contributed by atoms with Crippen molar-refractivity contribution in [2.45, 2.75) is 19.5 Å². The summed E-state index contributed by atoms with van der Waals surface area (Å²) in [5, 5.41) is 23.2. The molecule has 0 aliphatic carbocycles. The van der Waals surface area contributed by atoms with E-state index in [0.29, 0.717) is 11.3 Å². The number of hydrogen-bond donors (Lipinski definition) is 2. The molecule has 110 valence electrons. The fraction of sp³-hybridized carbons (Fsp3) is 0.214. The van der Waals surface area contributed by atoms with Crippen molar-refractivity contribution in [1.82, 2.24) is 5.32 Å². The second kappa shape index (κ2) is 6.19. The quantitative estimate of drug-likeness (QED) is 0.626. The number of nitrogens with one attached hydrogen (secondary N) is 1. The van der Waals surface area contributed by atoms with Crippen molar-refractivity contribution in [2.24, 2.45) is 0 Å². The summed E-state index contributed by atoms with van der Waals surface area (Å²) < 4.78 is 5.24. The second-order valence-electron chi connectivity index (χ2n) is 4.49. The summed E-state index contributed by atoms with van der Waals surface area (Å²) in [5.41, 5.74) is -0.343. The summed E-state index contributed by atoms with van der Waals surface area (Å²) in [5.74, 6) is -0.609. The minimum atomic E-state index is -1.32. The Labute approximate surface area is 120 Å². The number of furan rings is 1. The van der Waals surface area contributed by atoms with Gasteiger partial charge in [0.05, 0.1) is 17.2 Å². The first-order valence-corrected chi connectivity index (χ1v) is 6.27. The molecule has 0 spiro atoms. The van der Waals surface area contributed by atoms with Crippen molar-refractivity contribution in [3.63, 3.8) is 0 Å². The predicted octanol–water partition coefficient (Wildman–Crippen LogP) is 2.74. The van der Waals surface area contributed by atoms with Crippen LogP contribution in [-0.4, -0.2) is 16.0 Å². The minimum absolute atomic E-state index is 0.138. The molecule has 21 heavy (non-hydrogen) atoms. The van der Waals surface area contributed by atoms with E-state index in [1.54, 1.807) is 24.5 Å². The van der Waals surface area contributed by atoms with Crippen LogP contribution in [0.5, 0.6) is 0 Å². The van der Waals surface area contributed by atoms with E-state index >= 15 is 0 Å². The molecule has 0 saturated carbocycles. The lowest BCUT2D eigenvalue weighted by Crippen LogP contribution is -2.20. The summed E-state index contributed by atoms with van der Waals surface area (Å²) in [6, 6.07) is 7.62. The highest BCUT2D eigenvalue weighted by Crippen LogP contribution is 2.23. The summed E-state index contributed by atoms with van der Waals surface area (Å²) in [7, 11) is 0. The Kier molecular flexibility index (Phi) is 4.34. The molecule has 0 amide bonds. The van der Waals surface area contributed by atoms with Crippen LogP contribution in [0.15, 0.2) is 41.0 Å². The van der Waals surface area contributed by atoms with E-state index < -0.39 is 16.6 Å². The van der Waals surface area contributed by atoms with Gasteiger partial charge in [-0.3, -0.25) is 10.1 Å². The molecule has 0 saturated heterocycles. The normalized spacial score (nSPS) is 12.0. The van der Waals surface area contributed by atoms with Gasteiger partial charge >= 0.3 is 5.97 Å². The summed E-state index contributed by atoms with van der Waals surface area (Å²) >= 11 is 0. The van der Waals surface area contributed by atoms with Crippen molar-refractivity contribution in [2.75, 3.05) is 0 Å². The summed E-state index contributed by atoms with van der Waals surface area (Å²) in [4.78, 5) is 21.5. The molecular formula is C14H14N2O5. The molecule has 1 aromatic carbocycles. The maximum absolute atomic E-state index is 11.3. The molecular weight excluding hydrogens is 276 g/mol. The van der Waals surface area contributed by atoms with E-state index in [1.165, 1.54) is 12.1 Å². The number of nitro groups is 1. The van der Waals surface area contributed by atoms with Crippen LogP contribution in [0.25, 0.3) is 0 Å². The highest BCUT2D eigenvalue weighted by Gasteiger charge is 2.23. The van der Waals surface area contributed by atoms with Gasteiger partial charge in [-0.2, -0.15) is 0 Å². The van der Waals surface area contributed by atoms with Gasteiger partial charge in [0.15, 0.2) is 0 Å². The Morgan fingerprint density at radius 3 is 2.76 bits per heavy atom. The van der Waals surface area contributed by atoms with E-state index in [1.807, 2.05) is 6.92 Å². The number of hydrogen-bond acceptors (Lipinski definition) is 5. The fourth-order valence-electron chi connectivity index (χ4n) is 2.03. The van der Waals surface area contributed by atoms with Crippen molar-refractivity contribution in [3.05, 3.63) is 63.6 Å². The molecule has 0 radical (unpaired) electrons. The van der Waals surface area contributed by atoms with Gasteiger partial charge in [-0.05, 0) is 24.6 Å². The lowest BCUT2D eigenvalue weighted by molar-refractivity contribution is -0.385. The van der Waals surface area contributed by atoms with Gasteiger partial charge < -0.3 is 14.8 Å². The average molecular weight is 290 g/mol. The first-order chi connectivity index (χ1) is 10.0. The van der Waals surface area contributed by atoms with Crippen LogP contribution in [-0.2, 0) is 6.54 Å². The largest absolute Gasteiger partial charge is 0.477 e. The molecule has 1 aromatic heterocycles. The van der Waals surface area contributed by atoms with Crippen molar-refractivity contribution >= 4 is 11.7 Å². The fourth-order valence-corrected chi connectivity index (χ4v) is 2.03. The van der Waals surface area contributed by atoms with Crippen molar-refractivity contribution in [1.29, 1.82) is 0 Å². The number of benzene rings is 1. The number of carbonyl (C=O) groups is 1. The van der Waals surface area contributed by atoms with Gasteiger partial charge in [-0.1, -0.05) is 12.1 Å². The number of nitrogens with zero attached hydrogens (tertiary/aromatic N) is 1. The molecule has 2 N–H and O–H groups in total. The monoisotopic (exact) mass is 290 g/mol. The van der Waals surface area contributed by atoms with Gasteiger partial charge in [0.2, 0.25) is 0 Å². The summed E-state index contributed by atoms with van der Waals surface area (Å²) in [6.45, 7) is 2.04. The third kappa shape index (κ3) is 3.26. The van der Waals surface area contributed by atoms with Crippen molar-refractivity contribution < 1.29 is 19.2 Å². The topological polar surface area (TPSA) is 106 Å². The summed E-state index contributed by atoms with van der Waals surface area (Å²) in [6.07, 6.45) is 1.55. The van der Waals surface area contributed by atoms with Crippen molar-refractivity contribution in [3.8, 4) is 0 Å². The van der Waals surface area contributed by atoms with Crippen LogP contribution in [0.3, 0.4) is 0 Å². The molecule has 0 aliphatic heterocycles. The molecule has 7 nitrogen and oxygen atoms in total. The van der Waals surface area contributed by atoms with Gasteiger partial charge in [0.25, 0.3) is 5.69 Å². The van der Waals surface area contributed by atoms with E-state index in [0.717, 1.165) is 0 Å². The first-order valence-electron chi connectivity index (χ1n) is 6.27. The minimum Gasteiger partial charge on any atom is -0.477 e. The molecule has 0 fully saturated rings. The van der Waals surface area contributed by atoms with Gasteiger partial charge in [-0.15, -0.1) is 0 Å². The molecule has 0 bridgehead atoms. The lowest BCUT2D eigenvalue weighted by atomic mass is 10.0. The van der Waals surface area contributed by atoms with E-state index in [-0.39, 0.29) is 18.2 Å². The van der Waals surface area contributed by atoms with Gasteiger partial charge in [-0.25, -0.2) is 4.79 Å². The smallest absolute Gasteiger partial charge is 0.343 e. The van der Waals surface area contributed by atoms with Crippen LogP contribution in [0.1, 0.15) is 34.6 Å². The van der Waals surface area contributed by atoms with Crippen LogP contribution in [0.2, 0.25) is 0 Å². The molecule has 0 unspecified atom stereocenters. The lowest BCUT2D eigenvalue weighted by Gasteiger charge is -2.12. The van der Waals surface area contributed by atoms with Crippen LogP contribution < -0.4 is 5.32 Å². The second-order valence-corrected chi connectivity index (χ2v) is 4.49. The third-order valence-electron chi connectivity index (χ3n) is 3.11. The highest BCUT2D eigenvalue weighted by atomic mass is 16.6. The van der Waals surface area contributed by atoms with Crippen LogP contribution >= 0.6 is 0 Å². The van der Waals surface area contributed by atoms with E-state index in [4.69, 9.17) is 4.42 Å². The Balaban J connectivity index is 2.22. The number of carboxylic acids is 1. The van der Waals surface area contributed by atoms with E-state index in [2.05, 4.69) is 5.32 Å². The van der Waals surface area contributed by atoms with Gasteiger partial charge in [0, 0.05) is 12.6 Å². The number of rotatable bonds is 6. The number of nitro benzene ring substituents is 1. The molecule has 1 atom stereocenters. The maximum atomic E-state index is 11.3. The highest BCUT2D eigenvalue weighted by molar-refractivity contribution is 5.94. The number of aromatic carboxylic acids is 1. The third-order valence-corrected chi connectivity index (χ3v) is 3.11. The Morgan fingerprint density at radius 2 is 2.19 bits per heavy atom. The predicted molar refractivity (Wildman–Crippen MR) is 74.0 cm³/mol. The van der Waals surface area contributed by atoms with Gasteiger partial charge in [0.1, 0.15) is 11.3 Å². The Morgan fingerprint density at radius 1 is 1.43 bits per heavy atom. The van der Waals surface area contributed by atoms with E-state index in [9.17, 15) is 20.0 Å². The Hall–Kier alpha value is -2.67. The first kappa shape index (κ1) is 14.7. The van der Waals surface area contributed by atoms with Crippen LogP contribution in [0, 0.1) is 10.1 Å². The SMILES string of the molecule is C[C@H](NCc1cccc([N+](=O)[O-])c1C(=O)O)c1ccco1. The zero-order chi connectivity index (χ0) is 15.4. The average Bonchev–Trinajstić information content (AvgIpc) is 2.98. The molecule has 1 heterocycles. The molecule has 0 aliphatic rings. The molecule has 2 aromatic rings.